The van der Waals surface area contributed by atoms with Crippen molar-refractivity contribution in [2.75, 3.05) is 0 Å². The molecule has 17 heavy (non-hydrogen) atoms. The molecule has 0 saturated heterocycles. The van der Waals surface area contributed by atoms with Gasteiger partial charge in [-0.3, -0.25) is 4.79 Å². The third kappa shape index (κ3) is 2.64. The molecule has 1 aliphatic carbocycles. The lowest BCUT2D eigenvalue weighted by Gasteiger charge is -2.21. The molecule has 3 nitrogen and oxygen atoms in total. The number of esters is 1. The molecule has 0 spiro atoms. The number of carbonyl (C=O) groups is 1. The van der Waals surface area contributed by atoms with Crippen LogP contribution in [0.5, 0.6) is 0 Å². The smallest absolute Gasteiger partial charge is 0.326 e. The minimum Gasteiger partial charge on any atom is -0.459 e. The molecule has 1 aromatic carbocycles. The quantitative estimate of drug-likeness (QED) is 0.815. The first-order chi connectivity index (χ1) is 8.01. The van der Waals surface area contributed by atoms with Gasteiger partial charge in [0.15, 0.2) is 0 Å². The van der Waals surface area contributed by atoms with E-state index in [1.807, 2.05) is 0 Å². The summed E-state index contributed by atoms with van der Waals surface area (Å²) in [5.41, 5.74) is 5.33. The Kier molecular flexibility index (Phi) is 3.15. The molecular formula is C13H16FNO2. The number of halogens is 1. The summed E-state index contributed by atoms with van der Waals surface area (Å²) in [5.74, 6) is -0.621. The average molecular weight is 237 g/mol. The standard InChI is InChI=1S/C13H16FNO2/c1-13(15,10-6-7-10)12(16)17-8-9-4-2-3-5-11(9)14/h2-5,10H,6-8,15H2,1H3. The Morgan fingerprint density at radius 2 is 2.18 bits per heavy atom. The molecule has 1 saturated carbocycles. The molecule has 1 unspecified atom stereocenters. The van der Waals surface area contributed by atoms with Gasteiger partial charge in [0.25, 0.3) is 0 Å². The number of benzene rings is 1. The number of nitrogens with two attached hydrogens (primary N) is 1. The van der Waals surface area contributed by atoms with Gasteiger partial charge in [0.1, 0.15) is 18.0 Å². The fourth-order valence-electron chi connectivity index (χ4n) is 1.76. The van der Waals surface area contributed by atoms with Gasteiger partial charge in [0.2, 0.25) is 0 Å². The lowest BCUT2D eigenvalue weighted by atomic mass is 9.98. The van der Waals surface area contributed by atoms with E-state index in [4.69, 9.17) is 10.5 Å². The molecule has 4 heteroatoms. The lowest BCUT2D eigenvalue weighted by molar-refractivity contribution is -0.151. The maximum Gasteiger partial charge on any atom is 0.326 e. The highest BCUT2D eigenvalue weighted by atomic mass is 19.1. The van der Waals surface area contributed by atoms with Gasteiger partial charge < -0.3 is 10.5 Å². The van der Waals surface area contributed by atoms with E-state index in [9.17, 15) is 9.18 Å². The summed E-state index contributed by atoms with van der Waals surface area (Å²) in [4.78, 5) is 11.8. The summed E-state index contributed by atoms with van der Waals surface area (Å²) >= 11 is 0. The minimum absolute atomic E-state index is 0.0645. The van der Waals surface area contributed by atoms with E-state index in [1.165, 1.54) is 6.07 Å². The monoisotopic (exact) mass is 237 g/mol. The minimum atomic E-state index is -0.939. The second kappa shape index (κ2) is 4.45. The van der Waals surface area contributed by atoms with Crippen molar-refractivity contribution in [3.05, 3.63) is 35.6 Å². The molecule has 0 aliphatic heterocycles. The van der Waals surface area contributed by atoms with Crippen molar-refractivity contribution >= 4 is 5.97 Å². The zero-order valence-corrected chi connectivity index (χ0v) is 9.78. The van der Waals surface area contributed by atoms with E-state index in [-0.39, 0.29) is 18.3 Å². The second-order valence-corrected chi connectivity index (χ2v) is 4.72. The first kappa shape index (κ1) is 12.0. The summed E-state index contributed by atoms with van der Waals surface area (Å²) in [6, 6.07) is 6.23. The highest BCUT2D eigenvalue weighted by molar-refractivity contribution is 5.81. The number of rotatable bonds is 4. The van der Waals surface area contributed by atoms with Crippen molar-refractivity contribution in [3.8, 4) is 0 Å². The second-order valence-electron chi connectivity index (χ2n) is 4.72. The van der Waals surface area contributed by atoms with Crippen molar-refractivity contribution in [1.29, 1.82) is 0 Å². The van der Waals surface area contributed by atoms with E-state index in [0.29, 0.717) is 5.56 Å². The summed E-state index contributed by atoms with van der Waals surface area (Å²) in [6.07, 6.45) is 1.92. The fourth-order valence-corrected chi connectivity index (χ4v) is 1.76. The highest BCUT2D eigenvalue weighted by Crippen LogP contribution is 2.38. The molecule has 92 valence electrons. The van der Waals surface area contributed by atoms with E-state index >= 15 is 0 Å². The van der Waals surface area contributed by atoms with E-state index in [1.54, 1.807) is 25.1 Å². The highest BCUT2D eigenvalue weighted by Gasteiger charge is 2.45. The largest absolute Gasteiger partial charge is 0.459 e. The first-order valence-corrected chi connectivity index (χ1v) is 5.71. The van der Waals surface area contributed by atoms with Crippen molar-refractivity contribution in [2.45, 2.75) is 31.9 Å². The third-order valence-corrected chi connectivity index (χ3v) is 3.18. The third-order valence-electron chi connectivity index (χ3n) is 3.18. The van der Waals surface area contributed by atoms with Crippen molar-refractivity contribution in [1.82, 2.24) is 0 Å². The Morgan fingerprint density at radius 3 is 2.76 bits per heavy atom. The van der Waals surface area contributed by atoms with Crippen molar-refractivity contribution in [3.63, 3.8) is 0 Å². The van der Waals surface area contributed by atoms with Gasteiger partial charge in [-0.2, -0.15) is 0 Å². The number of ether oxygens (including phenoxy) is 1. The first-order valence-electron chi connectivity index (χ1n) is 5.71. The molecule has 1 atom stereocenters. The van der Waals surface area contributed by atoms with Crippen molar-refractivity contribution in [2.24, 2.45) is 11.7 Å². The Bertz CT molecular complexity index is 427. The van der Waals surface area contributed by atoms with Crippen LogP contribution in [0, 0.1) is 11.7 Å². The van der Waals surface area contributed by atoms with Crippen LogP contribution in [0.15, 0.2) is 24.3 Å². The summed E-state index contributed by atoms with van der Waals surface area (Å²) in [5, 5.41) is 0. The number of hydrogen-bond acceptors (Lipinski definition) is 3. The van der Waals surface area contributed by atoms with Crippen LogP contribution in [-0.2, 0) is 16.1 Å². The summed E-state index contributed by atoms with van der Waals surface area (Å²) in [7, 11) is 0. The molecule has 0 heterocycles. The predicted octanol–water partition coefficient (Wildman–Crippen LogP) is 2.00. The van der Waals surface area contributed by atoms with Crippen LogP contribution >= 0.6 is 0 Å². The Labute approximate surface area is 99.8 Å². The van der Waals surface area contributed by atoms with Crippen molar-refractivity contribution < 1.29 is 13.9 Å². The van der Waals surface area contributed by atoms with Crippen LogP contribution < -0.4 is 5.73 Å². The predicted molar refractivity (Wildman–Crippen MR) is 61.5 cm³/mol. The zero-order chi connectivity index (χ0) is 12.5. The van der Waals surface area contributed by atoms with Gasteiger partial charge in [-0.1, -0.05) is 18.2 Å². The van der Waals surface area contributed by atoms with Crippen LogP contribution in [0.4, 0.5) is 4.39 Å². The van der Waals surface area contributed by atoms with Gasteiger partial charge in [-0.15, -0.1) is 0 Å². The van der Waals surface area contributed by atoms with Gasteiger partial charge in [-0.05, 0) is 31.7 Å². The van der Waals surface area contributed by atoms with E-state index in [0.717, 1.165) is 12.8 Å². The SMILES string of the molecule is CC(N)(C(=O)OCc1ccccc1F)C1CC1. The number of carbonyl (C=O) groups excluding carboxylic acids is 1. The van der Waals surface area contributed by atoms with Crippen LogP contribution in [0.1, 0.15) is 25.3 Å². The molecular weight excluding hydrogens is 221 g/mol. The molecule has 0 radical (unpaired) electrons. The lowest BCUT2D eigenvalue weighted by Crippen LogP contribution is -2.48. The molecule has 0 bridgehead atoms. The number of hydrogen-bond donors (Lipinski definition) is 1. The molecule has 2 rings (SSSR count). The summed E-state index contributed by atoms with van der Waals surface area (Å²) in [6.45, 7) is 1.61. The Balaban J connectivity index is 1.94. The zero-order valence-electron chi connectivity index (χ0n) is 9.78. The van der Waals surface area contributed by atoms with Gasteiger partial charge >= 0.3 is 5.97 Å². The maximum atomic E-state index is 13.3. The molecule has 1 aliphatic rings. The van der Waals surface area contributed by atoms with E-state index < -0.39 is 11.5 Å². The van der Waals surface area contributed by atoms with Crippen LogP contribution in [0.2, 0.25) is 0 Å². The molecule has 1 aromatic rings. The van der Waals surface area contributed by atoms with Crippen LogP contribution in [-0.4, -0.2) is 11.5 Å². The maximum absolute atomic E-state index is 13.3. The Morgan fingerprint density at radius 1 is 1.53 bits per heavy atom. The van der Waals surface area contributed by atoms with E-state index in [2.05, 4.69) is 0 Å². The molecule has 0 amide bonds. The fraction of sp³-hybridized carbons (Fsp3) is 0.462. The van der Waals surface area contributed by atoms with Gasteiger partial charge in [0.05, 0.1) is 0 Å². The van der Waals surface area contributed by atoms with Crippen LogP contribution in [0.3, 0.4) is 0 Å². The topological polar surface area (TPSA) is 52.3 Å². The molecule has 2 N–H and O–H groups in total. The Hall–Kier alpha value is -1.42. The molecule has 0 aromatic heterocycles. The van der Waals surface area contributed by atoms with Gasteiger partial charge in [0, 0.05) is 5.56 Å². The summed E-state index contributed by atoms with van der Waals surface area (Å²) < 4.78 is 18.4. The van der Waals surface area contributed by atoms with Crippen LogP contribution in [0.25, 0.3) is 0 Å². The normalized spacial score (nSPS) is 18.5. The average Bonchev–Trinajstić information content (AvgIpc) is 3.11. The molecule has 1 fully saturated rings. The van der Waals surface area contributed by atoms with Gasteiger partial charge in [-0.25, -0.2) is 4.39 Å².